The Balaban J connectivity index is 2.03. The van der Waals surface area contributed by atoms with E-state index in [1.165, 1.54) is 24.1 Å². The molecule has 3 aromatic rings. The zero-order chi connectivity index (χ0) is 27.7. The van der Waals surface area contributed by atoms with E-state index in [9.17, 15) is 18.0 Å². The number of hydrogen-bond acceptors (Lipinski definition) is 5. The normalized spacial score (nSPS) is 11.9. The van der Waals surface area contributed by atoms with Crippen molar-refractivity contribution in [2.24, 2.45) is 0 Å². The van der Waals surface area contributed by atoms with Gasteiger partial charge in [0.05, 0.1) is 17.7 Å². The third-order valence-corrected chi connectivity index (χ3v) is 8.12. The Kier molecular flexibility index (Phi) is 10.2. The van der Waals surface area contributed by atoms with Gasteiger partial charge in [-0.05, 0) is 49.2 Å². The summed E-state index contributed by atoms with van der Waals surface area (Å²) >= 11 is 6.37. The third-order valence-electron chi connectivity index (χ3n) is 5.97. The number of nitrogens with zero attached hydrogens (tertiary/aromatic N) is 2. The van der Waals surface area contributed by atoms with Crippen molar-refractivity contribution in [2.75, 3.05) is 24.5 Å². The second kappa shape index (κ2) is 13.3. The Morgan fingerprint density at radius 2 is 1.68 bits per heavy atom. The number of ether oxygens (including phenoxy) is 1. The van der Waals surface area contributed by atoms with E-state index in [4.69, 9.17) is 16.3 Å². The van der Waals surface area contributed by atoms with Crippen LogP contribution in [0, 0.1) is 0 Å². The van der Waals surface area contributed by atoms with Crippen molar-refractivity contribution in [3.63, 3.8) is 0 Å². The first-order chi connectivity index (χ1) is 18.2. The fourth-order valence-electron chi connectivity index (χ4n) is 3.80. The maximum Gasteiger partial charge on any atom is 0.264 e. The van der Waals surface area contributed by atoms with Gasteiger partial charge in [-0.2, -0.15) is 0 Å². The van der Waals surface area contributed by atoms with Crippen molar-refractivity contribution in [3.8, 4) is 5.75 Å². The topological polar surface area (TPSA) is 96.0 Å². The number of methoxy groups -OCH3 is 1. The number of carbonyl (C=O) groups is 2. The molecule has 1 atom stereocenters. The van der Waals surface area contributed by atoms with E-state index in [1.54, 1.807) is 73.7 Å². The maximum absolute atomic E-state index is 13.9. The van der Waals surface area contributed by atoms with Crippen LogP contribution in [0.4, 0.5) is 5.69 Å². The van der Waals surface area contributed by atoms with E-state index in [0.717, 1.165) is 10.7 Å². The fourth-order valence-corrected chi connectivity index (χ4v) is 5.43. The molecule has 3 aromatic carbocycles. The van der Waals surface area contributed by atoms with E-state index in [1.807, 2.05) is 6.92 Å². The highest BCUT2D eigenvalue weighted by molar-refractivity contribution is 7.92. The monoisotopic (exact) mass is 557 g/mol. The predicted octanol–water partition coefficient (Wildman–Crippen LogP) is 4.49. The minimum Gasteiger partial charge on any atom is -0.497 e. The smallest absolute Gasteiger partial charge is 0.264 e. The molecule has 0 fully saturated rings. The Morgan fingerprint density at radius 3 is 2.34 bits per heavy atom. The first-order valence-electron chi connectivity index (χ1n) is 12.2. The van der Waals surface area contributed by atoms with Crippen LogP contribution in [0.25, 0.3) is 0 Å². The molecular formula is C28H32ClN3O5S. The van der Waals surface area contributed by atoms with Crippen molar-refractivity contribution >= 4 is 39.1 Å². The lowest BCUT2D eigenvalue weighted by molar-refractivity contribution is -0.139. The molecule has 0 saturated carbocycles. The van der Waals surface area contributed by atoms with Crippen molar-refractivity contribution in [2.45, 2.75) is 37.8 Å². The fraction of sp³-hybridized carbons (Fsp3) is 0.286. The Hall–Kier alpha value is -3.56. The molecule has 0 heterocycles. The molecule has 8 nitrogen and oxygen atoms in total. The Morgan fingerprint density at radius 1 is 1.00 bits per heavy atom. The summed E-state index contributed by atoms with van der Waals surface area (Å²) < 4.78 is 33.8. The summed E-state index contributed by atoms with van der Waals surface area (Å²) in [5.74, 6) is -0.471. The zero-order valence-corrected chi connectivity index (χ0v) is 23.2. The molecule has 0 aliphatic heterocycles. The number of nitrogens with one attached hydrogen (secondary N) is 1. The van der Waals surface area contributed by atoms with Crippen LogP contribution in [0.2, 0.25) is 5.02 Å². The van der Waals surface area contributed by atoms with Crippen LogP contribution in [0.5, 0.6) is 5.75 Å². The number of halogens is 1. The molecule has 0 aliphatic carbocycles. The summed E-state index contributed by atoms with van der Waals surface area (Å²) in [4.78, 5) is 28.1. The quantitative estimate of drug-likeness (QED) is 0.354. The molecule has 3 rings (SSSR count). The van der Waals surface area contributed by atoms with Crippen LogP contribution in [0.1, 0.15) is 25.8 Å². The van der Waals surface area contributed by atoms with Gasteiger partial charge >= 0.3 is 0 Å². The highest BCUT2D eigenvalue weighted by Crippen LogP contribution is 2.28. The highest BCUT2D eigenvalue weighted by atomic mass is 35.5. The average molecular weight is 558 g/mol. The molecule has 0 radical (unpaired) electrons. The largest absolute Gasteiger partial charge is 0.497 e. The number of sulfonamides is 1. The first kappa shape index (κ1) is 29.0. The minimum atomic E-state index is -4.15. The predicted molar refractivity (Wildman–Crippen MR) is 149 cm³/mol. The van der Waals surface area contributed by atoms with Gasteiger partial charge in [0.15, 0.2) is 0 Å². The van der Waals surface area contributed by atoms with Gasteiger partial charge in [-0.1, -0.05) is 61.0 Å². The lowest BCUT2D eigenvalue weighted by atomic mass is 10.1. The van der Waals surface area contributed by atoms with Crippen molar-refractivity contribution in [3.05, 3.63) is 89.4 Å². The summed E-state index contributed by atoms with van der Waals surface area (Å²) in [5.41, 5.74) is 0.888. The third kappa shape index (κ3) is 7.05. The summed E-state index contributed by atoms with van der Waals surface area (Å²) in [7, 11) is -2.67. The summed E-state index contributed by atoms with van der Waals surface area (Å²) in [5, 5.41) is 3.25. The molecule has 1 N–H and O–H groups in total. The van der Waals surface area contributed by atoms with Crippen LogP contribution in [0.3, 0.4) is 0 Å². The molecule has 0 aromatic heterocycles. The molecule has 0 bridgehead atoms. The molecule has 2 amide bonds. The van der Waals surface area contributed by atoms with E-state index in [0.29, 0.717) is 22.9 Å². The average Bonchev–Trinajstić information content (AvgIpc) is 2.94. The number of amides is 2. The van der Waals surface area contributed by atoms with Crippen LogP contribution in [0.15, 0.2) is 83.8 Å². The Bertz CT molecular complexity index is 1350. The van der Waals surface area contributed by atoms with Gasteiger partial charge in [-0.15, -0.1) is 0 Å². The number of rotatable bonds is 12. The van der Waals surface area contributed by atoms with Crippen molar-refractivity contribution in [1.82, 2.24) is 10.2 Å². The standard InChI is InChI=1S/C28H32ClN3O5S/c1-4-17-30-28(34)21(2)31(19-22-11-8-9-16-26(22)29)27(33)20-32(23-12-10-13-24(18-23)37-3)38(35,36)25-14-6-5-7-15-25/h5-16,18,21H,4,17,19-20H2,1-3H3,(H,30,34)/t21-/m0/s1. The molecule has 0 aliphatic rings. The molecule has 202 valence electrons. The number of benzene rings is 3. The van der Waals surface area contributed by atoms with E-state index < -0.39 is 28.5 Å². The Labute approximate surface area is 229 Å². The second-order valence-electron chi connectivity index (χ2n) is 8.61. The minimum absolute atomic E-state index is 0.0244. The van der Waals surface area contributed by atoms with Crippen LogP contribution < -0.4 is 14.4 Å². The molecule has 38 heavy (non-hydrogen) atoms. The van der Waals surface area contributed by atoms with Crippen LogP contribution >= 0.6 is 11.6 Å². The molecule has 0 saturated heterocycles. The van der Waals surface area contributed by atoms with Crippen LogP contribution in [-0.2, 0) is 26.2 Å². The zero-order valence-electron chi connectivity index (χ0n) is 21.6. The summed E-state index contributed by atoms with van der Waals surface area (Å²) in [6.45, 7) is 3.48. The van der Waals surface area contributed by atoms with E-state index in [2.05, 4.69) is 5.32 Å². The molecule has 10 heteroatoms. The first-order valence-corrected chi connectivity index (χ1v) is 14.0. The van der Waals surface area contributed by atoms with E-state index in [-0.39, 0.29) is 23.0 Å². The van der Waals surface area contributed by atoms with Gasteiger partial charge < -0.3 is 15.0 Å². The highest BCUT2D eigenvalue weighted by Gasteiger charge is 2.32. The van der Waals surface area contributed by atoms with Gasteiger partial charge in [0, 0.05) is 24.2 Å². The van der Waals surface area contributed by atoms with E-state index >= 15 is 0 Å². The van der Waals surface area contributed by atoms with Gasteiger partial charge in [0.25, 0.3) is 10.0 Å². The molecule has 0 unspecified atom stereocenters. The van der Waals surface area contributed by atoms with Gasteiger partial charge in [0.2, 0.25) is 11.8 Å². The number of carbonyl (C=O) groups excluding carboxylic acids is 2. The lowest BCUT2D eigenvalue weighted by Crippen LogP contribution is -2.51. The molecular weight excluding hydrogens is 526 g/mol. The van der Waals surface area contributed by atoms with Gasteiger partial charge in [0.1, 0.15) is 18.3 Å². The molecule has 0 spiro atoms. The van der Waals surface area contributed by atoms with Crippen molar-refractivity contribution in [1.29, 1.82) is 0 Å². The number of anilines is 1. The second-order valence-corrected chi connectivity index (χ2v) is 10.9. The van der Waals surface area contributed by atoms with Crippen LogP contribution in [-0.4, -0.2) is 51.4 Å². The maximum atomic E-state index is 13.9. The SMILES string of the molecule is CCCNC(=O)[C@H](C)N(Cc1ccccc1Cl)C(=O)CN(c1cccc(OC)c1)S(=O)(=O)c1ccccc1. The number of hydrogen-bond donors (Lipinski definition) is 1. The summed E-state index contributed by atoms with van der Waals surface area (Å²) in [6.07, 6.45) is 0.732. The summed E-state index contributed by atoms with van der Waals surface area (Å²) in [6, 6.07) is 20.5. The lowest BCUT2D eigenvalue weighted by Gasteiger charge is -2.32. The van der Waals surface area contributed by atoms with Gasteiger partial charge in [-0.3, -0.25) is 13.9 Å². The van der Waals surface area contributed by atoms with Gasteiger partial charge in [-0.25, -0.2) is 8.42 Å². The van der Waals surface area contributed by atoms with Crippen molar-refractivity contribution < 1.29 is 22.7 Å².